The fourth-order valence-corrected chi connectivity index (χ4v) is 14.3. The molecule has 9 rings (SSSR count). The third-order valence-electron chi connectivity index (χ3n) is 18.5. The SMILES string of the molecule is CC1=C(CC[C@H](C)CO[C@@H]2O[C@H](CO)[C@@H](O)[C@H](O)[C@H]2O)O[C@H]2C[C@H]3[C@@H]4CC=C5C[C@@H](O[C@@H]6O[C@H](CO)[C@@H](O[C@@H]7O[C@@H](CO)[C@H](O)[C@H]7O)[C@H](O)[C@H]6O[C@@H]6O[C@@H](C)[C@H](O)[C@@H](O)[C@H]6O)CC[C@]5(C)[C@H]4CC[C@]3(C)[C@@H]12. The number of aliphatic hydroxyl groups excluding tert-OH is 12. The molecule has 0 aromatic heterocycles. The zero-order valence-electron chi connectivity index (χ0n) is 41.3. The summed E-state index contributed by atoms with van der Waals surface area (Å²) in [6.45, 7) is 9.05. The first-order valence-electron chi connectivity index (χ1n) is 25.9. The number of aliphatic hydroxyl groups is 12. The third-order valence-corrected chi connectivity index (χ3v) is 18.5. The van der Waals surface area contributed by atoms with Crippen LogP contribution < -0.4 is 0 Å². The Morgan fingerprint density at radius 2 is 1.27 bits per heavy atom. The van der Waals surface area contributed by atoms with Crippen molar-refractivity contribution in [2.75, 3.05) is 26.4 Å². The number of hydrogen-bond donors (Lipinski definition) is 12. The summed E-state index contributed by atoms with van der Waals surface area (Å²) in [7, 11) is 0. The van der Waals surface area contributed by atoms with Gasteiger partial charge in [-0.25, -0.2) is 0 Å². The van der Waals surface area contributed by atoms with E-state index in [9.17, 15) is 61.3 Å². The number of allylic oxidation sites excluding steroid dienone is 2. The average molecular weight is 1020 g/mol. The van der Waals surface area contributed by atoms with E-state index in [0.717, 1.165) is 50.7 Å². The van der Waals surface area contributed by atoms with Gasteiger partial charge in [0.05, 0.1) is 44.4 Å². The molecule has 7 fully saturated rings. The van der Waals surface area contributed by atoms with Crippen molar-refractivity contribution in [2.45, 2.75) is 221 Å². The molecule has 0 aromatic rings. The Morgan fingerprint density at radius 3 is 1.97 bits per heavy atom. The third kappa shape index (κ3) is 9.83. The van der Waals surface area contributed by atoms with E-state index in [2.05, 4.69) is 26.8 Å². The molecular formula is C50H80O21. The van der Waals surface area contributed by atoms with Crippen LogP contribution in [0.2, 0.25) is 0 Å². The van der Waals surface area contributed by atoms with E-state index in [0.29, 0.717) is 36.5 Å². The zero-order valence-corrected chi connectivity index (χ0v) is 41.3. The molecule has 21 heteroatoms. The molecule has 5 heterocycles. The molecule has 4 aliphatic carbocycles. The molecule has 28 atom stereocenters. The van der Waals surface area contributed by atoms with E-state index in [1.165, 1.54) is 18.1 Å². The molecule has 0 aromatic carbocycles. The number of hydrogen-bond acceptors (Lipinski definition) is 21. The van der Waals surface area contributed by atoms with Crippen molar-refractivity contribution in [3.05, 3.63) is 23.0 Å². The normalized spacial score (nSPS) is 52.3. The summed E-state index contributed by atoms with van der Waals surface area (Å²) < 4.78 is 54.5. The van der Waals surface area contributed by atoms with Crippen LogP contribution in [-0.2, 0) is 42.6 Å². The van der Waals surface area contributed by atoms with E-state index in [1.54, 1.807) is 0 Å². The zero-order chi connectivity index (χ0) is 51.0. The summed E-state index contributed by atoms with van der Waals surface area (Å²) in [5.74, 6) is 2.81. The van der Waals surface area contributed by atoms with Gasteiger partial charge in [0.2, 0.25) is 0 Å². The second-order valence-electron chi connectivity index (χ2n) is 22.8. The maximum absolute atomic E-state index is 12.0. The Balaban J connectivity index is 0.846. The molecule has 71 heavy (non-hydrogen) atoms. The van der Waals surface area contributed by atoms with Crippen LogP contribution in [0.3, 0.4) is 0 Å². The molecule has 5 aliphatic heterocycles. The smallest absolute Gasteiger partial charge is 0.187 e. The summed E-state index contributed by atoms with van der Waals surface area (Å²) in [5, 5.41) is 125. The molecule has 0 radical (unpaired) electrons. The maximum atomic E-state index is 12.0. The Labute approximate surface area is 414 Å². The first-order valence-corrected chi connectivity index (χ1v) is 25.9. The van der Waals surface area contributed by atoms with Gasteiger partial charge in [-0.2, -0.15) is 0 Å². The second kappa shape index (κ2) is 21.5. The van der Waals surface area contributed by atoms with E-state index >= 15 is 0 Å². The van der Waals surface area contributed by atoms with Gasteiger partial charge < -0.3 is 104 Å². The molecule has 3 saturated carbocycles. The Bertz CT molecular complexity index is 1890. The molecule has 0 unspecified atom stereocenters. The fraction of sp³-hybridized carbons (Fsp3) is 0.920. The Kier molecular flexibility index (Phi) is 16.4. The topological polar surface area (TPSA) is 326 Å². The van der Waals surface area contributed by atoms with Gasteiger partial charge in [-0.1, -0.05) is 32.4 Å². The van der Waals surface area contributed by atoms with Crippen LogP contribution in [0.1, 0.15) is 92.4 Å². The van der Waals surface area contributed by atoms with E-state index in [4.69, 9.17) is 42.6 Å². The van der Waals surface area contributed by atoms with Gasteiger partial charge in [0.1, 0.15) is 91.6 Å². The predicted octanol–water partition coefficient (Wildman–Crippen LogP) is -1.42. The van der Waals surface area contributed by atoms with Crippen molar-refractivity contribution in [3.8, 4) is 0 Å². The highest BCUT2D eigenvalue weighted by atomic mass is 16.8. The van der Waals surface area contributed by atoms with E-state index in [1.807, 2.05) is 6.92 Å². The van der Waals surface area contributed by atoms with Crippen LogP contribution in [0.15, 0.2) is 23.0 Å². The minimum Gasteiger partial charge on any atom is -0.494 e. The molecule has 0 bridgehead atoms. The van der Waals surface area contributed by atoms with Gasteiger partial charge >= 0.3 is 0 Å². The first kappa shape index (κ1) is 54.3. The van der Waals surface area contributed by atoms with E-state index < -0.39 is 143 Å². The molecule has 12 N–H and O–H groups in total. The quantitative estimate of drug-likeness (QED) is 0.0838. The van der Waals surface area contributed by atoms with Gasteiger partial charge in [0, 0.05) is 12.3 Å². The highest BCUT2D eigenvalue weighted by Gasteiger charge is 2.64. The number of fused-ring (bicyclic) bond motifs is 7. The summed E-state index contributed by atoms with van der Waals surface area (Å²) >= 11 is 0. The van der Waals surface area contributed by atoms with E-state index in [-0.39, 0.29) is 29.5 Å². The minimum absolute atomic E-state index is 0.0698. The van der Waals surface area contributed by atoms with Gasteiger partial charge in [0.15, 0.2) is 25.2 Å². The highest BCUT2D eigenvalue weighted by molar-refractivity contribution is 5.30. The molecule has 4 saturated heterocycles. The fourth-order valence-electron chi connectivity index (χ4n) is 14.3. The minimum atomic E-state index is -1.73. The lowest BCUT2D eigenvalue weighted by Crippen LogP contribution is -2.65. The van der Waals surface area contributed by atoms with Crippen LogP contribution in [0.5, 0.6) is 0 Å². The summed E-state index contributed by atoms with van der Waals surface area (Å²) in [6, 6.07) is 0. The molecule has 21 nitrogen and oxygen atoms in total. The van der Waals surface area contributed by atoms with Crippen molar-refractivity contribution < 1.29 is 104 Å². The maximum Gasteiger partial charge on any atom is 0.187 e. The van der Waals surface area contributed by atoms with Gasteiger partial charge in [0.25, 0.3) is 0 Å². The lowest BCUT2D eigenvalue weighted by atomic mass is 9.47. The van der Waals surface area contributed by atoms with Crippen LogP contribution in [0.25, 0.3) is 0 Å². The Hall–Kier alpha value is -1.52. The molecule has 0 spiro atoms. The monoisotopic (exact) mass is 1020 g/mol. The molecule has 9 aliphatic rings. The van der Waals surface area contributed by atoms with Crippen LogP contribution >= 0.6 is 0 Å². The summed E-state index contributed by atoms with van der Waals surface area (Å²) in [6.07, 6.45) is -17.2. The molecular weight excluding hydrogens is 937 g/mol. The second-order valence-corrected chi connectivity index (χ2v) is 22.8. The first-order chi connectivity index (χ1) is 33.7. The average Bonchev–Trinajstić information content (AvgIpc) is 3.95. The number of ether oxygens (including phenoxy) is 9. The standard InChI is InChI=1S/C50H80O21/c1-20(19-63-45-40(60)38(58)35(55)30(16-51)67-45)6-9-28-21(2)33-29(66-28)15-27-25-8-7-23-14-24(10-12-49(23,4)26(25)11-13-50(27,33)5)65-48-44(71-46-41(61)37(57)34(54)22(3)64-46)42(62)43(32(18-53)69-48)70-47-39(59)36(56)31(17-52)68-47/h7,20,22,24-27,29-48,51-62H,6,8-19H2,1-5H3/t20-,22-,24-,25+,26-,27-,29-,30+,31-,32+,33-,34-,35+,36-,37+,38-,39+,40+,41+,42-,43+,44+,45+,46-,47-,48+,49-,50-/m0/s1. The van der Waals surface area contributed by atoms with Crippen LogP contribution in [0, 0.1) is 40.4 Å². The van der Waals surface area contributed by atoms with Crippen LogP contribution in [0.4, 0.5) is 0 Å². The summed E-state index contributed by atoms with van der Waals surface area (Å²) in [5.41, 5.74) is 2.60. The Morgan fingerprint density at radius 1 is 0.662 bits per heavy atom. The van der Waals surface area contributed by atoms with Crippen molar-refractivity contribution in [1.29, 1.82) is 0 Å². The van der Waals surface area contributed by atoms with Crippen molar-refractivity contribution in [3.63, 3.8) is 0 Å². The van der Waals surface area contributed by atoms with Gasteiger partial charge in [-0.05, 0) is 105 Å². The number of rotatable bonds is 15. The van der Waals surface area contributed by atoms with Crippen molar-refractivity contribution >= 4 is 0 Å². The predicted molar refractivity (Wildman–Crippen MR) is 243 cm³/mol. The largest absolute Gasteiger partial charge is 0.494 e. The lowest BCUT2D eigenvalue weighted by Gasteiger charge is -2.58. The van der Waals surface area contributed by atoms with Crippen molar-refractivity contribution in [1.82, 2.24) is 0 Å². The van der Waals surface area contributed by atoms with Gasteiger partial charge in [-0.15, -0.1) is 0 Å². The van der Waals surface area contributed by atoms with Crippen LogP contribution in [-0.4, -0.2) is 217 Å². The lowest BCUT2D eigenvalue weighted by molar-refractivity contribution is -0.380. The summed E-state index contributed by atoms with van der Waals surface area (Å²) in [4.78, 5) is 0. The molecule has 406 valence electrons. The highest BCUT2D eigenvalue weighted by Crippen LogP contribution is 2.69. The molecule has 0 amide bonds. The van der Waals surface area contributed by atoms with Gasteiger partial charge in [-0.3, -0.25) is 0 Å². The van der Waals surface area contributed by atoms with Crippen molar-refractivity contribution in [2.24, 2.45) is 40.4 Å².